The monoisotopic (exact) mass is 294 g/mol. The number of benzene rings is 1. The summed E-state index contributed by atoms with van der Waals surface area (Å²) in [6.07, 6.45) is 1.22. The molecule has 1 saturated heterocycles. The van der Waals surface area contributed by atoms with Crippen molar-refractivity contribution in [2.45, 2.75) is 25.3 Å². The molecule has 1 fully saturated rings. The summed E-state index contributed by atoms with van der Waals surface area (Å²) in [5.74, 6) is -1.76. The van der Waals surface area contributed by atoms with Crippen LogP contribution in [0.3, 0.4) is 0 Å². The minimum Gasteiger partial charge on any atom is -0.481 e. The van der Waals surface area contributed by atoms with Crippen LogP contribution in [0.25, 0.3) is 0 Å². The number of carboxylic acid groups (broad SMARTS) is 1. The Morgan fingerprint density at radius 1 is 1.33 bits per heavy atom. The molecule has 1 aliphatic heterocycles. The first-order valence-electron chi connectivity index (χ1n) is 6.98. The number of rotatable bonds is 4. The van der Waals surface area contributed by atoms with Crippen LogP contribution >= 0.6 is 0 Å². The van der Waals surface area contributed by atoms with Gasteiger partial charge in [0.1, 0.15) is 5.82 Å². The lowest BCUT2D eigenvalue weighted by atomic mass is 9.90. The van der Waals surface area contributed by atoms with Gasteiger partial charge in [-0.1, -0.05) is 12.1 Å². The van der Waals surface area contributed by atoms with Crippen LogP contribution < -0.4 is 5.73 Å². The number of hydrogen-bond donors (Lipinski definition) is 2. The third-order valence-corrected chi connectivity index (χ3v) is 3.73. The van der Waals surface area contributed by atoms with Crippen molar-refractivity contribution in [1.29, 1.82) is 0 Å². The maximum absolute atomic E-state index is 13.7. The normalized spacial score (nSPS) is 22.1. The fourth-order valence-corrected chi connectivity index (χ4v) is 2.75. The molecule has 1 heterocycles. The summed E-state index contributed by atoms with van der Waals surface area (Å²) >= 11 is 0. The number of nitrogens with zero attached hydrogens (tertiary/aromatic N) is 1. The number of nitrogens with two attached hydrogens (primary N) is 1. The molecule has 0 aliphatic carbocycles. The third kappa shape index (κ3) is 4.01. The number of hydrogen-bond acceptors (Lipinski definition) is 3. The molecule has 2 rings (SSSR count). The van der Waals surface area contributed by atoms with E-state index in [-0.39, 0.29) is 29.9 Å². The molecule has 0 radical (unpaired) electrons. The zero-order chi connectivity index (χ0) is 15.4. The van der Waals surface area contributed by atoms with E-state index in [0.29, 0.717) is 25.9 Å². The van der Waals surface area contributed by atoms with E-state index >= 15 is 0 Å². The zero-order valence-electron chi connectivity index (χ0n) is 11.7. The Morgan fingerprint density at radius 3 is 2.71 bits per heavy atom. The quantitative estimate of drug-likeness (QED) is 0.881. The Balaban J connectivity index is 2.06. The summed E-state index contributed by atoms with van der Waals surface area (Å²) in [6, 6.07) is 5.64. The summed E-state index contributed by atoms with van der Waals surface area (Å²) in [6.45, 7) is 0.797. The highest BCUT2D eigenvalue weighted by atomic mass is 19.1. The predicted octanol–water partition coefficient (Wildman–Crippen LogP) is 1.48. The molecule has 0 aromatic heterocycles. The van der Waals surface area contributed by atoms with Crippen molar-refractivity contribution in [2.75, 3.05) is 13.1 Å². The van der Waals surface area contributed by atoms with Crippen LogP contribution in [0.2, 0.25) is 0 Å². The first-order valence-corrected chi connectivity index (χ1v) is 6.98. The first-order chi connectivity index (χ1) is 9.97. The van der Waals surface area contributed by atoms with Crippen LogP contribution in [-0.4, -0.2) is 41.0 Å². The Morgan fingerprint density at radius 2 is 2.05 bits per heavy atom. The Hall–Kier alpha value is -1.95. The average molecular weight is 294 g/mol. The molecule has 0 saturated carbocycles. The van der Waals surface area contributed by atoms with E-state index in [0.717, 1.165) is 0 Å². The topological polar surface area (TPSA) is 83.6 Å². The standard InChI is InChI=1S/C15H19FN2O3/c16-13-4-2-1-3-12(13)15(21)18-8-10(5-6-14(19)20)7-11(17)9-18/h1-4,10-11H,5-9,17H2,(H,19,20). The molecule has 114 valence electrons. The maximum atomic E-state index is 13.7. The van der Waals surface area contributed by atoms with E-state index in [4.69, 9.17) is 10.8 Å². The van der Waals surface area contributed by atoms with Gasteiger partial charge >= 0.3 is 5.97 Å². The minimum atomic E-state index is -0.860. The van der Waals surface area contributed by atoms with Crippen molar-refractivity contribution < 1.29 is 19.1 Å². The van der Waals surface area contributed by atoms with Crippen molar-refractivity contribution in [2.24, 2.45) is 11.7 Å². The number of amides is 1. The molecule has 0 bridgehead atoms. The van der Waals surface area contributed by atoms with E-state index in [1.54, 1.807) is 6.07 Å². The van der Waals surface area contributed by atoms with Gasteiger partial charge in [-0.25, -0.2) is 4.39 Å². The molecule has 3 N–H and O–H groups in total. The van der Waals surface area contributed by atoms with Crippen molar-refractivity contribution >= 4 is 11.9 Å². The highest BCUT2D eigenvalue weighted by molar-refractivity contribution is 5.94. The largest absolute Gasteiger partial charge is 0.481 e. The Bertz CT molecular complexity index is 535. The van der Waals surface area contributed by atoms with Gasteiger partial charge in [-0.15, -0.1) is 0 Å². The summed E-state index contributed by atoms with van der Waals surface area (Å²) in [4.78, 5) is 24.5. The lowest BCUT2D eigenvalue weighted by molar-refractivity contribution is -0.137. The predicted molar refractivity (Wildman–Crippen MR) is 75.3 cm³/mol. The highest BCUT2D eigenvalue weighted by Gasteiger charge is 2.29. The van der Waals surface area contributed by atoms with Gasteiger partial charge in [0, 0.05) is 25.6 Å². The van der Waals surface area contributed by atoms with Crippen molar-refractivity contribution in [3.05, 3.63) is 35.6 Å². The van der Waals surface area contributed by atoms with Gasteiger partial charge in [-0.2, -0.15) is 0 Å². The number of carbonyl (C=O) groups excluding carboxylic acids is 1. The van der Waals surface area contributed by atoms with Gasteiger partial charge in [0.05, 0.1) is 5.56 Å². The molecule has 0 spiro atoms. The van der Waals surface area contributed by atoms with E-state index in [9.17, 15) is 14.0 Å². The SMILES string of the molecule is NC1CC(CCC(=O)O)CN(C(=O)c2ccccc2F)C1. The van der Waals surface area contributed by atoms with Gasteiger partial charge in [-0.05, 0) is 30.9 Å². The molecule has 5 nitrogen and oxygen atoms in total. The smallest absolute Gasteiger partial charge is 0.303 e. The molecule has 2 unspecified atom stereocenters. The van der Waals surface area contributed by atoms with Crippen molar-refractivity contribution in [1.82, 2.24) is 4.90 Å². The second-order valence-corrected chi connectivity index (χ2v) is 5.48. The summed E-state index contributed by atoms with van der Waals surface area (Å²) in [7, 11) is 0. The highest BCUT2D eigenvalue weighted by Crippen LogP contribution is 2.22. The minimum absolute atomic E-state index is 0.0311. The molecule has 1 aromatic carbocycles. The number of carbonyl (C=O) groups is 2. The number of halogens is 1. The summed E-state index contributed by atoms with van der Waals surface area (Å²) in [5.41, 5.74) is 5.97. The van der Waals surface area contributed by atoms with E-state index in [1.807, 2.05) is 0 Å². The van der Waals surface area contributed by atoms with Gasteiger partial charge in [0.25, 0.3) is 5.91 Å². The molecule has 21 heavy (non-hydrogen) atoms. The van der Waals surface area contributed by atoms with Crippen LogP contribution in [0, 0.1) is 11.7 Å². The Kier molecular flexibility index (Phi) is 4.90. The summed E-state index contributed by atoms with van der Waals surface area (Å²) in [5, 5.41) is 8.74. The van der Waals surface area contributed by atoms with Gasteiger partial charge in [0.15, 0.2) is 0 Å². The molecular weight excluding hydrogens is 275 g/mol. The van der Waals surface area contributed by atoms with E-state index < -0.39 is 11.8 Å². The molecule has 1 amide bonds. The fourth-order valence-electron chi connectivity index (χ4n) is 2.75. The third-order valence-electron chi connectivity index (χ3n) is 3.73. The molecular formula is C15H19FN2O3. The van der Waals surface area contributed by atoms with E-state index in [1.165, 1.54) is 23.1 Å². The fraction of sp³-hybridized carbons (Fsp3) is 0.467. The number of aliphatic carboxylic acids is 1. The molecule has 1 aliphatic rings. The van der Waals surface area contributed by atoms with Crippen LogP contribution in [0.1, 0.15) is 29.6 Å². The molecule has 2 atom stereocenters. The van der Waals surface area contributed by atoms with Crippen LogP contribution in [0.5, 0.6) is 0 Å². The van der Waals surface area contributed by atoms with Crippen LogP contribution in [0.15, 0.2) is 24.3 Å². The maximum Gasteiger partial charge on any atom is 0.303 e. The number of carboxylic acids is 1. The lowest BCUT2D eigenvalue weighted by Gasteiger charge is -2.36. The van der Waals surface area contributed by atoms with Gasteiger partial charge in [0.2, 0.25) is 0 Å². The second-order valence-electron chi connectivity index (χ2n) is 5.48. The van der Waals surface area contributed by atoms with Crippen molar-refractivity contribution in [3.8, 4) is 0 Å². The van der Waals surface area contributed by atoms with Crippen LogP contribution in [-0.2, 0) is 4.79 Å². The summed E-state index contributed by atoms with van der Waals surface area (Å²) < 4.78 is 13.7. The van der Waals surface area contributed by atoms with Gasteiger partial charge < -0.3 is 15.7 Å². The zero-order valence-corrected chi connectivity index (χ0v) is 11.7. The second kappa shape index (κ2) is 6.67. The number of piperidine rings is 1. The molecule has 6 heteroatoms. The van der Waals surface area contributed by atoms with Crippen LogP contribution in [0.4, 0.5) is 4.39 Å². The molecule has 1 aromatic rings. The van der Waals surface area contributed by atoms with Gasteiger partial charge in [-0.3, -0.25) is 9.59 Å². The number of likely N-dealkylation sites (tertiary alicyclic amines) is 1. The van der Waals surface area contributed by atoms with Crippen molar-refractivity contribution in [3.63, 3.8) is 0 Å². The lowest BCUT2D eigenvalue weighted by Crippen LogP contribution is -2.49. The van der Waals surface area contributed by atoms with E-state index in [2.05, 4.69) is 0 Å². The average Bonchev–Trinajstić information content (AvgIpc) is 2.44. The first kappa shape index (κ1) is 15.4. The Labute approximate surface area is 122 Å².